The average Bonchev–Trinajstić information content (AvgIpc) is 2.83. The number of likely N-dealkylation sites (N-methyl/N-ethyl adjacent to an activating group) is 1. The van der Waals surface area contributed by atoms with E-state index < -0.39 is 0 Å². The third-order valence-electron chi connectivity index (χ3n) is 8.50. The van der Waals surface area contributed by atoms with Crippen LogP contribution in [0.5, 0.6) is 5.75 Å². The van der Waals surface area contributed by atoms with Crippen LogP contribution in [0.15, 0.2) is 48.5 Å². The lowest BCUT2D eigenvalue weighted by Crippen LogP contribution is -2.51. The highest BCUT2D eigenvalue weighted by atomic mass is 16.5. The van der Waals surface area contributed by atoms with Gasteiger partial charge in [-0.25, -0.2) is 0 Å². The zero-order valence-electron chi connectivity index (χ0n) is 21.0. The van der Waals surface area contributed by atoms with Crippen molar-refractivity contribution in [3.05, 3.63) is 59.7 Å². The van der Waals surface area contributed by atoms with Crippen LogP contribution in [0.25, 0.3) is 0 Å². The molecule has 4 aliphatic rings. The van der Waals surface area contributed by atoms with Gasteiger partial charge in [0.15, 0.2) is 0 Å². The Labute approximate surface area is 208 Å². The molecule has 0 heterocycles. The summed E-state index contributed by atoms with van der Waals surface area (Å²) in [7, 11) is 5.64. The average molecular weight is 476 g/mol. The molecule has 0 spiro atoms. The fourth-order valence-electron chi connectivity index (χ4n) is 7.16. The number of benzene rings is 2. The van der Waals surface area contributed by atoms with Crippen molar-refractivity contribution in [3.63, 3.8) is 0 Å². The van der Waals surface area contributed by atoms with E-state index in [2.05, 4.69) is 15.5 Å². The fraction of sp³-hybridized carbons (Fsp3) is 0.517. The summed E-state index contributed by atoms with van der Waals surface area (Å²) >= 11 is 0. The molecule has 4 bridgehead atoms. The Morgan fingerprint density at radius 3 is 2.14 bits per heavy atom. The van der Waals surface area contributed by atoms with Gasteiger partial charge < -0.3 is 20.3 Å². The number of anilines is 1. The number of carbonyl (C=O) groups excluding carboxylic acids is 2. The van der Waals surface area contributed by atoms with Gasteiger partial charge in [0.05, 0.1) is 18.6 Å². The van der Waals surface area contributed by atoms with Gasteiger partial charge in [0.2, 0.25) is 5.91 Å². The van der Waals surface area contributed by atoms with E-state index in [0.717, 1.165) is 54.0 Å². The Bertz CT molecular complexity index is 1040. The Morgan fingerprint density at radius 1 is 0.971 bits per heavy atom. The van der Waals surface area contributed by atoms with Crippen molar-refractivity contribution in [2.24, 2.45) is 23.2 Å². The van der Waals surface area contributed by atoms with Crippen LogP contribution in [0.2, 0.25) is 0 Å². The number of hydrogen-bond acceptors (Lipinski definition) is 4. The van der Waals surface area contributed by atoms with Crippen molar-refractivity contribution in [2.45, 2.75) is 44.6 Å². The van der Waals surface area contributed by atoms with Gasteiger partial charge in [0.1, 0.15) is 5.75 Å². The first kappa shape index (κ1) is 23.9. The second-order valence-corrected chi connectivity index (χ2v) is 11.2. The molecule has 4 saturated carbocycles. The zero-order chi connectivity index (χ0) is 24.6. The van der Waals surface area contributed by atoms with Crippen molar-refractivity contribution >= 4 is 17.5 Å². The van der Waals surface area contributed by atoms with Gasteiger partial charge in [0.25, 0.3) is 5.91 Å². The van der Waals surface area contributed by atoms with Gasteiger partial charge in [-0.05, 0) is 101 Å². The lowest BCUT2D eigenvalue weighted by molar-refractivity contribution is -0.140. The van der Waals surface area contributed by atoms with Crippen LogP contribution in [0.3, 0.4) is 0 Å². The molecule has 4 aliphatic carbocycles. The van der Waals surface area contributed by atoms with Gasteiger partial charge in [-0.3, -0.25) is 9.59 Å². The Kier molecular flexibility index (Phi) is 6.58. The number of rotatable bonds is 8. The Morgan fingerprint density at radius 2 is 1.57 bits per heavy atom. The number of carbonyl (C=O) groups is 2. The maximum atomic E-state index is 13.3. The Hall–Kier alpha value is -2.86. The number of nitrogens with one attached hydrogen (secondary N) is 2. The molecule has 0 aromatic heterocycles. The van der Waals surface area contributed by atoms with Crippen molar-refractivity contribution < 1.29 is 14.3 Å². The van der Waals surface area contributed by atoms with E-state index in [-0.39, 0.29) is 23.3 Å². The quantitative estimate of drug-likeness (QED) is 0.571. The van der Waals surface area contributed by atoms with Gasteiger partial charge >= 0.3 is 0 Å². The van der Waals surface area contributed by atoms with Crippen molar-refractivity contribution in [1.82, 2.24) is 10.2 Å². The van der Waals surface area contributed by atoms with Crippen LogP contribution < -0.4 is 15.4 Å². The van der Waals surface area contributed by atoms with Crippen LogP contribution >= 0.6 is 0 Å². The summed E-state index contributed by atoms with van der Waals surface area (Å²) < 4.78 is 5.52. The molecule has 4 fully saturated rings. The molecule has 0 unspecified atom stereocenters. The third kappa shape index (κ3) is 4.81. The standard InChI is InChI=1S/C29H37N3O3/c1-32(2)25(24-6-4-5-7-26(24)35-3)18-30-27(33)22-8-10-23(11-9-22)31-28(34)29-15-19-12-20(16-29)14-21(13-19)17-29/h4-11,19-21,25H,12-18H2,1-3H3,(H,30,33)(H,31,34)/t19?,20?,21?,25-,29?/m0/s1. The van der Waals surface area contributed by atoms with E-state index in [1.165, 1.54) is 19.3 Å². The van der Waals surface area contributed by atoms with E-state index in [1.807, 2.05) is 50.5 Å². The van der Waals surface area contributed by atoms with Crippen LogP contribution in [-0.2, 0) is 4.79 Å². The maximum absolute atomic E-state index is 13.3. The number of ether oxygens (including phenoxy) is 1. The second-order valence-electron chi connectivity index (χ2n) is 11.2. The van der Waals surface area contributed by atoms with E-state index >= 15 is 0 Å². The fourth-order valence-corrected chi connectivity index (χ4v) is 7.16. The lowest BCUT2D eigenvalue weighted by atomic mass is 9.49. The van der Waals surface area contributed by atoms with Crippen molar-refractivity contribution in [2.75, 3.05) is 33.1 Å². The van der Waals surface area contributed by atoms with E-state index in [4.69, 9.17) is 4.74 Å². The van der Waals surface area contributed by atoms with E-state index in [0.29, 0.717) is 12.1 Å². The first-order valence-electron chi connectivity index (χ1n) is 12.9. The predicted molar refractivity (Wildman–Crippen MR) is 137 cm³/mol. The van der Waals surface area contributed by atoms with E-state index in [9.17, 15) is 9.59 Å². The summed E-state index contributed by atoms with van der Waals surface area (Å²) in [6, 6.07) is 15.1. The first-order valence-corrected chi connectivity index (χ1v) is 12.9. The van der Waals surface area contributed by atoms with Gasteiger partial charge in [-0.15, -0.1) is 0 Å². The van der Waals surface area contributed by atoms with Crippen LogP contribution in [-0.4, -0.2) is 44.5 Å². The minimum absolute atomic E-state index is 0.0195. The highest BCUT2D eigenvalue weighted by Gasteiger charge is 2.54. The predicted octanol–water partition coefficient (Wildman–Crippen LogP) is 4.88. The normalized spacial score (nSPS) is 27.5. The Balaban J connectivity index is 1.20. The summed E-state index contributed by atoms with van der Waals surface area (Å²) in [6.45, 7) is 0.455. The van der Waals surface area contributed by atoms with Crippen LogP contribution in [0.1, 0.15) is 60.5 Å². The zero-order valence-corrected chi connectivity index (χ0v) is 21.0. The molecule has 2 aromatic rings. The third-order valence-corrected chi connectivity index (χ3v) is 8.50. The number of nitrogens with zero attached hydrogens (tertiary/aromatic N) is 1. The number of hydrogen-bond donors (Lipinski definition) is 2. The molecular formula is C29H37N3O3. The first-order chi connectivity index (χ1) is 16.9. The molecule has 6 nitrogen and oxygen atoms in total. The van der Waals surface area contributed by atoms with Gasteiger partial charge in [-0.2, -0.15) is 0 Å². The topological polar surface area (TPSA) is 70.7 Å². The largest absolute Gasteiger partial charge is 0.496 e. The molecule has 1 atom stereocenters. The summed E-state index contributed by atoms with van der Waals surface area (Å²) in [5, 5.41) is 6.23. The molecule has 2 aromatic carbocycles. The summed E-state index contributed by atoms with van der Waals surface area (Å²) in [4.78, 5) is 28.3. The monoisotopic (exact) mass is 475 g/mol. The highest BCUT2D eigenvalue weighted by molar-refractivity contribution is 5.97. The molecule has 186 valence electrons. The second kappa shape index (κ2) is 9.65. The minimum Gasteiger partial charge on any atom is -0.496 e. The van der Waals surface area contributed by atoms with E-state index in [1.54, 1.807) is 19.2 Å². The summed E-state index contributed by atoms with van der Waals surface area (Å²) in [5.74, 6) is 3.06. The molecule has 0 saturated heterocycles. The smallest absolute Gasteiger partial charge is 0.251 e. The molecule has 2 amide bonds. The number of amides is 2. The van der Waals surface area contributed by atoms with Crippen LogP contribution in [0, 0.1) is 23.2 Å². The summed E-state index contributed by atoms with van der Waals surface area (Å²) in [6.07, 6.45) is 7.10. The highest BCUT2D eigenvalue weighted by Crippen LogP contribution is 2.60. The molecule has 0 aliphatic heterocycles. The lowest BCUT2D eigenvalue weighted by Gasteiger charge is -2.55. The maximum Gasteiger partial charge on any atom is 0.251 e. The molecule has 2 N–H and O–H groups in total. The van der Waals surface area contributed by atoms with Gasteiger partial charge in [0, 0.05) is 23.4 Å². The van der Waals surface area contributed by atoms with Crippen LogP contribution in [0.4, 0.5) is 5.69 Å². The molecule has 35 heavy (non-hydrogen) atoms. The number of methoxy groups -OCH3 is 1. The molecule has 6 heteroatoms. The summed E-state index contributed by atoms with van der Waals surface area (Å²) in [5.41, 5.74) is 2.20. The molecule has 6 rings (SSSR count). The molecule has 0 radical (unpaired) electrons. The van der Waals surface area contributed by atoms with Crippen molar-refractivity contribution in [3.8, 4) is 5.75 Å². The minimum atomic E-state index is -0.176. The SMILES string of the molecule is COc1ccccc1[C@H](CNC(=O)c1ccc(NC(=O)C23CC4CC(CC(C4)C2)C3)cc1)N(C)C. The molecular weight excluding hydrogens is 438 g/mol. The number of para-hydroxylation sites is 1. The van der Waals surface area contributed by atoms with Gasteiger partial charge in [-0.1, -0.05) is 18.2 Å². The van der Waals surface area contributed by atoms with Crippen molar-refractivity contribution in [1.29, 1.82) is 0 Å².